The lowest BCUT2D eigenvalue weighted by Crippen LogP contribution is -2.70. The molecular weight excluding hydrogens is 654 g/mol. The summed E-state index contributed by atoms with van der Waals surface area (Å²) in [6.07, 6.45) is 7.20. The first-order valence-electron chi connectivity index (χ1n) is 18.5. The molecule has 3 N–H and O–H groups in total. The number of para-hydroxylation sites is 1. The average molecular weight is 700 g/mol. The minimum atomic E-state index is -1.36. The zero-order chi connectivity index (χ0) is 34.9. The lowest BCUT2D eigenvalue weighted by molar-refractivity contribution is -0.235. The Labute approximate surface area is 296 Å². The predicted octanol–water partition coefficient (Wildman–Crippen LogP) is 2.85. The maximum Gasteiger partial charge on any atom is 0.327 e. The Bertz CT molecular complexity index is 1730. The van der Waals surface area contributed by atoms with E-state index in [1.165, 1.54) is 0 Å². The summed E-state index contributed by atoms with van der Waals surface area (Å²) in [5.41, 5.74) is 1.25. The van der Waals surface area contributed by atoms with Crippen LogP contribution in [0.2, 0.25) is 0 Å². The Morgan fingerprint density at radius 3 is 2.43 bits per heavy atom. The van der Waals surface area contributed by atoms with Crippen molar-refractivity contribution in [2.24, 2.45) is 17.3 Å². The number of carbonyl (C=O) groups is 3. The minimum Gasteiger partial charge on any atom is -0.508 e. The first-order valence-corrected chi connectivity index (χ1v) is 18.5. The summed E-state index contributed by atoms with van der Waals surface area (Å²) < 4.78 is 20.1. The zero-order valence-electron chi connectivity index (χ0n) is 28.5. The number of rotatable bonds is 11. The third-order valence-corrected chi connectivity index (χ3v) is 12.1. The van der Waals surface area contributed by atoms with E-state index in [2.05, 4.69) is 5.32 Å². The van der Waals surface area contributed by atoms with Crippen LogP contribution in [0.15, 0.2) is 54.6 Å². The summed E-state index contributed by atoms with van der Waals surface area (Å²) in [6, 6.07) is 13.3. The largest absolute Gasteiger partial charge is 0.508 e. The molecule has 7 atom stereocenters. The molecule has 2 aromatic carbocycles. The van der Waals surface area contributed by atoms with Crippen LogP contribution >= 0.6 is 0 Å². The van der Waals surface area contributed by atoms with E-state index in [4.69, 9.17) is 19.0 Å². The van der Waals surface area contributed by atoms with Crippen molar-refractivity contribution in [3.05, 3.63) is 71.3 Å². The fourth-order valence-electron chi connectivity index (χ4n) is 9.50. The maximum atomic E-state index is 15.2. The normalized spacial score (nSPS) is 33.7. The van der Waals surface area contributed by atoms with Crippen LogP contribution in [-0.4, -0.2) is 99.9 Å². The van der Waals surface area contributed by atoms with Gasteiger partial charge in [-0.3, -0.25) is 19.2 Å². The van der Waals surface area contributed by atoms with Crippen molar-refractivity contribution in [2.75, 3.05) is 19.7 Å². The third kappa shape index (κ3) is 5.40. The molecule has 9 rings (SSSR count). The number of esters is 1. The molecule has 270 valence electrons. The number of allylic oxidation sites excluding steroid dienone is 1. The number of aromatic hydroxyl groups is 1. The molecule has 3 aliphatic carbocycles. The number of phenolic OH excluding ortho intramolecular Hbond substituents is 1. The second-order valence-electron chi connectivity index (χ2n) is 15.3. The molecule has 0 spiro atoms. The molecule has 7 aliphatic rings. The molecule has 7 unspecified atom stereocenters. The number of phenols is 1. The molecule has 51 heavy (non-hydrogen) atoms. The number of likely N-dealkylation sites (tertiary alicyclic amines) is 1. The predicted molar refractivity (Wildman–Crippen MR) is 181 cm³/mol. The van der Waals surface area contributed by atoms with Gasteiger partial charge in [-0.25, -0.2) is 0 Å². The molecule has 7 fully saturated rings. The van der Waals surface area contributed by atoms with E-state index in [-0.39, 0.29) is 55.5 Å². The van der Waals surface area contributed by atoms with Gasteiger partial charge in [-0.1, -0.05) is 54.6 Å². The molecule has 4 heterocycles. The van der Waals surface area contributed by atoms with Gasteiger partial charge < -0.3 is 34.6 Å². The Balaban J connectivity index is 1.06. The highest BCUT2D eigenvalue weighted by Gasteiger charge is 2.78. The Morgan fingerprint density at radius 1 is 0.961 bits per heavy atom. The van der Waals surface area contributed by atoms with E-state index in [1.807, 2.05) is 48.6 Å². The summed E-state index contributed by atoms with van der Waals surface area (Å²) in [6.45, 7) is 0.467. The minimum absolute atomic E-state index is 0.0960. The van der Waals surface area contributed by atoms with Crippen LogP contribution < -0.4 is 5.32 Å². The second kappa shape index (κ2) is 12.7. The van der Waals surface area contributed by atoms with Crippen molar-refractivity contribution >= 4 is 23.9 Å². The van der Waals surface area contributed by atoms with E-state index in [9.17, 15) is 19.8 Å². The van der Waals surface area contributed by atoms with Crippen LogP contribution in [0.5, 0.6) is 5.75 Å². The molecule has 3 saturated carbocycles. The van der Waals surface area contributed by atoms with Gasteiger partial charge in [0.25, 0.3) is 0 Å². The quantitative estimate of drug-likeness (QED) is 0.300. The van der Waals surface area contributed by atoms with Crippen LogP contribution in [0.25, 0.3) is 6.08 Å². The summed E-state index contributed by atoms with van der Waals surface area (Å²) in [4.78, 5) is 51.2. The van der Waals surface area contributed by atoms with Gasteiger partial charge in [-0.15, -0.1) is 0 Å². The molecule has 2 aromatic rings. The molecule has 2 bridgehead atoms. The molecule has 4 aliphatic heterocycles. The van der Waals surface area contributed by atoms with Gasteiger partial charge >= 0.3 is 5.97 Å². The van der Waals surface area contributed by atoms with Crippen molar-refractivity contribution in [2.45, 2.75) is 100 Å². The highest BCUT2D eigenvalue weighted by Crippen LogP contribution is 2.64. The summed E-state index contributed by atoms with van der Waals surface area (Å²) >= 11 is 0. The van der Waals surface area contributed by atoms with E-state index in [0.29, 0.717) is 25.8 Å². The van der Waals surface area contributed by atoms with Gasteiger partial charge in [0.2, 0.25) is 11.8 Å². The molecule has 12 heteroatoms. The highest BCUT2D eigenvalue weighted by molar-refractivity contribution is 5.96. The Hall–Kier alpha value is -3.81. The number of fused-ring (bicyclic) bond motifs is 4. The van der Waals surface area contributed by atoms with E-state index >= 15 is 4.79 Å². The number of ether oxygens (including phenoxy) is 3. The molecule has 12 nitrogen and oxygen atoms in total. The first kappa shape index (κ1) is 33.1. The lowest BCUT2D eigenvalue weighted by atomic mass is 9.62. The highest BCUT2D eigenvalue weighted by atomic mass is 16.8. The van der Waals surface area contributed by atoms with Crippen molar-refractivity contribution in [3.63, 3.8) is 0 Å². The number of nitrogens with zero attached hydrogens (tertiary/aromatic N) is 2. The van der Waals surface area contributed by atoms with Crippen LogP contribution in [-0.2, 0) is 46.4 Å². The van der Waals surface area contributed by atoms with Crippen molar-refractivity contribution in [1.82, 2.24) is 15.3 Å². The van der Waals surface area contributed by atoms with Crippen molar-refractivity contribution in [1.29, 1.82) is 0 Å². The van der Waals surface area contributed by atoms with Gasteiger partial charge in [0.1, 0.15) is 41.6 Å². The number of hydroxylamine groups is 2. The van der Waals surface area contributed by atoms with Crippen LogP contribution in [0, 0.1) is 17.3 Å². The number of carbonyl (C=O) groups excluding carboxylic acids is 3. The fraction of sp³-hybridized carbons (Fsp3) is 0.564. The summed E-state index contributed by atoms with van der Waals surface area (Å²) in [5, 5.41) is 24.0. The molecule has 4 saturated heterocycles. The standard InChI is InChI=1S/C39H45N3O9/c43-20-18-40-35(45)28-12-6-19-41(28)37(47)38-21-30-31-32(50-39(49-31,26-14-15-26)27-16-17-27)34(38)51-42(33(38)36(46)48-30)22-25-9-2-1-7-23(25)10-5-11-24-8-3-4-13-29(24)44/h1-5,7-10,13,26-28,30-34,43-44H,6,11-12,14-22H2,(H,40,45). The monoisotopic (exact) mass is 699 g/mol. The second-order valence-corrected chi connectivity index (χ2v) is 15.3. The SMILES string of the molecule is O=C(NCCO)C1CCCN1C(=O)C12CC3OC(=O)C1N(Cc1ccccc1C=CCc1ccccc1O)OC2C1OC(C2CC2)(C2CC2)OC31. The summed E-state index contributed by atoms with van der Waals surface area (Å²) in [5.74, 6) is -1.14. The maximum absolute atomic E-state index is 15.2. The molecule has 0 aromatic heterocycles. The van der Waals surface area contributed by atoms with E-state index in [1.54, 1.807) is 22.1 Å². The number of aliphatic hydroxyl groups is 1. The topological polar surface area (TPSA) is 147 Å². The van der Waals surface area contributed by atoms with E-state index < -0.39 is 53.7 Å². The fourth-order valence-corrected chi connectivity index (χ4v) is 9.50. The Kier molecular flexibility index (Phi) is 8.23. The van der Waals surface area contributed by atoms with Gasteiger partial charge in [-0.2, -0.15) is 5.06 Å². The summed E-state index contributed by atoms with van der Waals surface area (Å²) in [7, 11) is 0. The smallest absolute Gasteiger partial charge is 0.327 e. The number of hydrogen-bond donors (Lipinski definition) is 3. The lowest BCUT2D eigenvalue weighted by Gasteiger charge is -2.50. The molecular formula is C39H45N3O9. The number of benzene rings is 2. The van der Waals surface area contributed by atoms with Crippen LogP contribution in [0.4, 0.5) is 0 Å². The first-order chi connectivity index (χ1) is 24.8. The number of hydrogen-bond acceptors (Lipinski definition) is 10. The average Bonchev–Trinajstić information content (AvgIpc) is 4.05. The van der Waals surface area contributed by atoms with Gasteiger partial charge in [-0.05, 0) is 67.7 Å². The third-order valence-electron chi connectivity index (χ3n) is 12.1. The number of nitrogens with one attached hydrogen (secondary N) is 1. The Morgan fingerprint density at radius 2 is 1.69 bits per heavy atom. The van der Waals surface area contributed by atoms with Gasteiger partial charge in [0.05, 0.1) is 13.2 Å². The van der Waals surface area contributed by atoms with Crippen molar-refractivity contribution in [3.8, 4) is 5.75 Å². The van der Waals surface area contributed by atoms with Crippen molar-refractivity contribution < 1.29 is 43.6 Å². The molecule has 2 amide bonds. The zero-order valence-corrected chi connectivity index (χ0v) is 28.5. The van der Waals surface area contributed by atoms with Gasteiger partial charge in [0, 0.05) is 31.3 Å². The van der Waals surface area contributed by atoms with Crippen LogP contribution in [0.3, 0.4) is 0 Å². The number of aliphatic hydroxyl groups excluding tert-OH is 1. The molecule has 0 radical (unpaired) electrons. The van der Waals surface area contributed by atoms with Crippen LogP contribution in [0.1, 0.15) is 61.6 Å². The van der Waals surface area contributed by atoms with E-state index in [0.717, 1.165) is 42.4 Å². The number of amides is 2. The van der Waals surface area contributed by atoms with Gasteiger partial charge in [0.15, 0.2) is 11.8 Å².